The minimum absolute atomic E-state index is 0.173. The number of amides is 1. The molecule has 1 saturated carbocycles. The molecule has 3 rings (SSSR count). The fourth-order valence-electron chi connectivity index (χ4n) is 4.45. The van der Waals surface area contributed by atoms with E-state index in [2.05, 4.69) is 25.9 Å². The minimum Gasteiger partial charge on any atom is -0.464 e. The molecule has 2 aliphatic rings. The molecule has 0 radical (unpaired) electrons. The zero-order valence-corrected chi connectivity index (χ0v) is 17.9. The van der Waals surface area contributed by atoms with E-state index in [1.807, 2.05) is 0 Å². The number of rotatable bonds is 9. The number of hydrogen-bond acceptors (Lipinski definition) is 8. The Morgan fingerprint density at radius 2 is 2.13 bits per heavy atom. The highest BCUT2D eigenvalue weighted by Gasteiger charge is 2.38. The average molecular weight is 424 g/mol. The van der Waals surface area contributed by atoms with Gasteiger partial charge >= 0.3 is 12.1 Å². The number of ether oxygens (including phenoxy) is 2. The number of hydrogen-bond donors (Lipinski definition) is 2. The molecular formula is C20H34N6O4. The van der Waals surface area contributed by atoms with Gasteiger partial charge in [0.15, 0.2) is 5.82 Å². The van der Waals surface area contributed by atoms with E-state index in [-0.39, 0.29) is 6.61 Å². The van der Waals surface area contributed by atoms with E-state index in [4.69, 9.17) is 10.8 Å². The second-order valence-electron chi connectivity index (χ2n) is 8.24. The number of aryl methyl sites for hydroxylation is 1. The van der Waals surface area contributed by atoms with Crippen LogP contribution in [0.4, 0.5) is 4.79 Å². The topological polar surface area (TPSA) is 122 Å². The van der Waals surface area contributed by atoms with Crippen LogP contribution in [-0.2, 0) is 20.7 Å². The Morgan fingerprint density at radius 1 is 1.27 bits per heavy atom. The van der Waals surface area contributed by atoms with E-state index >= 15 is 0 Å². The largest absolute Gasteiger partial charge is 0.464 e. The van der Waals surface area contributed by atoms with Gasteiger partial charge in [-0.25, -0.2) is 4.79 Å². The number of aromatic nitrogens is 4. The van der Waals surface area contributed by atoms with E-state index in [0.717, 1.165) is 37.9 Å². The van der Waals surface area contributed by atoms with Gasteiger partial charge in [-0.2, -0.15) is 5.21 Å². The molecule has 10 nitrogen and oxygen atoms in total. The van der Waals surface area contributed by atoms with Gasteiger partial charge < -0.3 is 19.7 Å². The number of tetrazole rings is 1. The summed E-state index contributed by atoms with van der Waals surface area (Å²) in [6, 6.07) is -1.40. The maximum Gasteiger partial charge on any atom is 0.409 e. The third kappa shape index (κ3) is 6.38. The van der Waals surface area contributed by atoms with Gasteiger partial charge in [0, 0.05) is 20.0 Å². The van der Waals surface area contributed by atoms with Gasteiger partial charge in [0.05, 0.1) is 14.6 Å². The first-order valence-electron chi connectivity index (χ1n) is 11.4. The maximum absolute atomic E-state index is 12.6. The Balaban J connectivity index is 1.42. The molecule has 1 aromatic heterocycles. The summed E-state index contributed by atoms with van der Waals surface area (Å²) < 4.78 is 19.0. The van der Waals surface area contributed by atoms with Gasteiger partial charge in [-0.1, -0.05) is 11.6 Å². The zero-order valence-electron chi connectivity index (χ0n) is 18.9. The number of fused-ring (bicyclic) bond motifs is 1. The third-order valence-electron chi connectivity index (χ3n) is 6.15. The number of esters is 1. The predicted molar refractivity (Wildman–Crippen MR) is 108 cm³/mol. The van der Waals surface area contributed by atoms with Gasteiger partial charge in [-0.15, -0.1) is 10.2 Å². The van der Waals surface area contributed by atoms with Crippen LogP contribution in [0.1, 0.15) is 52.6 Å². The average Bonchev–Trinajstić information content (AvgIpc) is 3.28. The molecule has 1 aromatic rings. The predicted octanol–water partition coefficient (Wildman–Crippen LogP) is 1.55. The van der Waals surface area contributed by atoms with Crippen molar-refractivity contribution in [2.45, 2.75) is 57.9 Å². The fourth-order valence-corrected chi connectivity index (χ4v) is 4.45. The lowest BCUT2D eigenvalue weighted by molar-refractivity contribution is -0.148. The van der Waals surface area contributed by atoms with E-state index in [9.17, 15) is 9.59 Å². The van der Waals surface area contributed by atoms with Crippen molar-refractivity contribution in [1.29, 1.82) is 0 Å². The highest BCUT2D eigenvalue weighted by atomic mass is 16.6. The number of aromatic amines is 1. The molecule has 1 aliphatic heterocycles. The molecule has 30 heavy (non-hydrogen) atoms. The number of nitrogens with zero attached hydrogens (tertiary/aromatic N) is 4. The number of carbonyl (C=O) groups excluding carboxylic acids is 2. The first-order valence-corrected chi connectivity index (χ1v) is 10.9. The van der Waals surface area contributed by atoms with Crippen molar-refractivity contribution in [3.63, 3.8) is 0 Å². The number of nitrogens with one attached hydrogen (secondary N) is 2. The molecule has 1 saturated heterocycles. The van der Waals surface area contributed by atoms with Crippen molar-refractivity contribution in [3.8, 4) is 0 Å². The second kappa shape index (κ2) is 11.2. The van der Waals surface area contributed by atoms with Gasteiger partial charge in [-0.05, 0) is 63.3 Å². The summed E-state index contributed by atoms with van der Waals surface area (Å²) in [4.78, 5) is 25.7. The van der Waals surface area contributed by atoms with Crippen LogP contribution in [-0.4, -0.2) is 77.0 Å². The van der Waals surface area contributed by atoms with Crippen LogP contribution in [0.25, 0.3) is 0 Å². The quantitative estimate of drug-likeness (QED) is 0.453. The Kier molecular flexibility index (Phi) is 7.88. The van der Waals surface area contributed by atoms with Crippen LogP contribution in [0.2, 0.25) is 0 Å². The Morgan fingerprint density at radius 3 is 2.90 bits per heavy atom. The van der Waals surface area contributed by atoms with E-state index in [0.29, 0.717) is 50.3 Å². The van der Waals surface area contributed by atoms with Crippen molar-refractivity contribution >= 4 is 12.1 Å². The molecule has 0 unspecified atom stereocenters. The number of piperidine rings is 1. The van der Waals surface area contributed by atoms with E-state index in [1.165, 1.54) is 4.90 Å². The SMILES string of the molecule is [2H][C@@]1(C(=O)OCCCN(C)C(=O)OCC)C[C@H]2C[C@@H](CCc3nn[nH]n3)CC[C@H]2CN1. The molecule has 0 spiro atoms. The first kappa shape index (κ1) is 21.0. The molecule has 4 atom stereocenters. The van der Waals surface area contributed by atoms with Crippen LogP contribution in [0.3, 0.4) is 0 Å². The van der Waals surface area contributed by atoms with E-state index < -0.39 is 18.1 Å². The van der Waals surface area contributed by atoms with Gasteiger partial charge in [0.1, 0.15) is 6.02 Å². The molecule has 0 aromatic carbocycles. The molecule has 10 heteroatoms. The summed E-state index contributed by atoms with van der Waals surface area (Å²) in [5.74, 6) is 1.60. The first-order chi connectivity index (χ1) is 14.9. The molecule has 1 aliphatic carbocycles. The summed E-state index contributed by atoms with van der Waals surface area (Å²) in [6.45, 7) is 3.35. The lowest BCUT2D eigenvalue weighted by Crippen LogP contribution is -2.50. The monoisotopic (exact) mass is 423 g/mol. The molecule has 2 N–H and O–H groups in total. The summed E-state index contributed by atoms with van der Waals surface area (Å²) in [5.41, 5.74) is 0. The zero-order chi connectivity index (χ0) is 22.3. The highest BCUT2D eigenvalue weighted by molar-refractivity contribution is 5.76. The Labute approximate surface area is 178 Å². The molecule has 168 valence electrons. The smallest absolute Gasteiger partial charge is 0.409 e. The van der Waals surface area contributed by atoms with Crippen molar-refractivity contribution in [3.05, 3.63) is 5.82 Å². The standard InChI is InChI=1S/C20H34N6O4/c1-3-29-20(28)26(2)9-4-10-30-19(27)17-12-16-11-14(5-7-15(16)13-21-17)6-8-18-22-24-25-23-18/h14-17,21H,3-13H2,1-2H3,(H,22,23,24,25)/t14-,15+,16-,17+/m1/s1/i17D. The molecule has 1 amide bonds. The Bertz CT molecular complexity index is 721. The van der Waals surface area contributed by atoms with Crippen molar-refractivity contribution in [2.24, 2.45) is 17.8 Å². The highest BCUT2D eigenvalue weighted by Crippen LogP contribution is 2.40. The fraction of sp³-hybridized carbons (Fsp3) is 0.850. The molecule has 0 bridgehead atoms. The summed E-state index contributed by atoms with van der Waals surface area (Å²) in [5, 5.41) is 17.2. The summed E-state index contributed by atoms with van der Waals surface area (Å²) >= 11 is 0. The van der Waals surface area contributed by atoms with Crippen LogP contribution < -0.4 is 5.32 Å². The van der Waals surface area contributed by atoms with Crippen molar-refractivity contribution < 1.29 is 20.4 Å². The van der Waals surface area contributed by atoms with Crippen LogP contribution >= 0.6 is 0 Å². The van der Waals surface area contributed by atoms with Gasteiger partial charge in [0.2, 0.25) is 0 Å². The summed E-state index contributed by atoms with van der Waals surface area (Å²) in [6.07, 6.45) is 5.66. The van der Waals surface area contributed by atoms with Gasteiger partial charge in [0.25, 0.3) is 0 Å². The van der Waals surface area contributed by atoms with Crippen molar-refractivity contribution in [2.75, 3.05) is 33.4 Å². The lowest BCUT2D eigenvalue weighted by Gasteiger charge is -2.42. The van der Waals surface area contributed by atoms with Crippen LogP contribution in [0.15, 0.2) is 0 Å². The van der Waals surface area contributed by atoms with Crippen LogP contribution in [0.5, 0.6) is 0 Å². The normalized spacial score (nSPS) is 28.9. The molecule has 2 heterocycles. The summed E-state index contributed by atoms with van der Waals surface area (Å²) in [7, 11) is 1.65. The van der Waals surface area contributed by atoms with Crippen LogP contribution in [0, 0.1) is 17.8 Å². The molecule has 2 fully saturated rings. The number of carbonyl (C=O) groups is 2. The Hall–Kier alpha value is -2.23. The third-order valence-corrected chi connectivity index (χ3v) is 6.15. The minimum atomic E-state index is -1.40. The second-order valence-corrected chi connectivity index (χ2v) is 8.24. The maximum atomic E-state index is 12.6. The number of H-pyrrole nitrogens is 1. The van der Waals surface area contributed by atoms with Gasteiger partial charge in [-0.3, -0.25) is 4.79 Å². The lowest BCUT2D eigenvalue weighted by atomic mass is 9.69. The molecular weight excluding hydrogens is 388 g/mol. The van der Waals surface area contributed by atoms with E-state index in [1.54, 1.807) is 14.0 Å². The van der Waals surface area contributed by atoms with Crippen molar-refractivity contribution in [1.82, 2.24) is 30.8 Å².